The Bertz CT molecular complexity index is 858. The first-order valence-corrected chi connectivity index (χ1v) is 9.62. The average Bonchev–Trinajstić information content (AvgIpc) is 2.70. The minimum Gasteiger partial charge on any atom is -0.489 e. The highest BCUT2D eigenvalue weighted by molar-refractivity contribution is 5.97. The molecular weight excluding hydrogens is 384 g/mol. The van der Waals surface area contributed by atoms with E-state index in [1.54, 1.807) is 12.1 Å². The zero-order chi connectivity index (χ0) is 21.9. The van der Waals surface area contributed by atoms with Gasteiger partial charge in [-0.1, -0.05) is 11.8 Å². The highest BCUT2D eigenvalue weighted by Gasteiger charge is 2.14. The van der Waals surface area contributed by atoms with Gasteiger partial charge in [0.15, 0.2) is 11.5 Å². The maximum absolute atomic E-state index is 12.3. The van der Waals surface area contributed by atoms with Crippen molar-refractivity contribution in [2.45, 2.75) is 39.9 Å². The Hall–Kier alpha value is -3.60. The number of pyridine rings is 2. The maximum Gasteiger partial charge on any atom is 0.255 e. The fraction of sp³-hybridized carbons (Fsp3) is 0.364. The van der Waals surface area contributed by atoms with E-state index in [0.717, 1.165) is 0 Å². The molecule has 2 rings (SSSR count). The molecule has 0 aliphatic carbocycles. The third kappa shape index (κ3) is 7.09. The lowest BCUT2D eigenvalue weighted by molar-refractivity contribution is 0.0943. The summed E-state index contributed by atoms with van der Waals surface area (Å²) in [5.41, 5.74) is 0.786. The van der Waals surface area contributed by atoms with Crippen molar-refractivity contribution in [1.29, 1.82) is 0 Å². The van der Waals surface area contributed by atoms with Crippen LogP contribution in [0, 0.1) is 11.8 Å². The number of ether oxygens (including phenoxy) is 2. The van der Waals surface area contributed by atoms with Crippen LogP contribution in [-0.2, 0) is 0 Å². The van der Waals surface area contributed by atoms with Gasteiger partial charge in [-0.25, -0.2) is 0 Å². The van der Waals surface area contributed by atoms with Gasteiger partial charge in [0, 0.05) is 12.4 Å². The van der Waals surface area contributed by atoms with Crippen LogP contribution in [0.1, 0.15) is 48.4 Å². The number of amides is 2. The summed E-state index contributed by atoms with van der Waals surface area (Å²) in [6.07, 6.45) is 5.92. The molecule has 0 unspecified atom stereocenters. The van der Waals surface area contributed by atoms with Crippen LogP contribution in [0.5, 0.6) is 11.5 Å². The van der Waals surface area contributed by atoms with Gasteiger partial charge in [0.05, 0.1) is 48.8 Å². The fourth-order valence-electron chi connectivity index (χ4n) is 2.40. The minimum atomic E-state index is -0.307. The summed E-state index contributed by atoms with van der Waals surface area (Å²) >= 11 is 0. The average molecular weight is 410 g/mol. The Morgan fingerprint density at radius 2 is 1.23 bits per heavy atom. The second-order valence-corrected chi connectivity index (χ2v) is 6.80. The standard InChI is InChI=1S/C22H26N4O4/c1-15(2)29-19-13-23-11-7-17(19)21(27)25-9-5-6-10-26-22(28)18-8-12-24-14-20(18)30-16(3)4/h7-8,11-16H,9-10H2,1-4H3,(H,25,27)(H,26,28). The molecule has 2 amide bonds. The number of aromatic nitrogens is 2. The zero-order valence-corrected chi connectivity index (χ0v) is 17.6. The van der Waals surface area contributed by atoms with Crippen LogP contribution in [0.3, 0.4) is 0 Å². The van der Waals surface area contributed by atoms with Crippen LogP contribution in [0.25, 0.3) is 0 Å². The summed E-state index contributed by atoms with van der Waals surface area (Å²) < 4.78 is 11.2. The number of carbonyl (C=O) groups excluding carboxylic acids is 2. The van der Waals surface area contributed by atoms with Crippen molar-refractivity contribution in [2.24, 2.45) is 0 Å². The number of rotatable bonds is 8. The predicted octanol–water partition coefficient (Wildman–Crippen LogP) is 2.21. The van der Waals surface area contributed by atoms with Gasteiger partial charge in [-0.3, -0.25) is 19.6 Å². The predicted molar refractivity (Wildman–Crippen MR) is 112 cm³/mol. The minimum absolute atomic E-state index is 0.0731. The molecule has 0 saturated carbocycles. The Morgan fingerprint density at radius 1 is 0.833 bits per heavy atom. The molecule has 0 aromatic carbocycles. The molecule has 8 nitrogen and oxygen atoms in total. The molecule has 8 heteroatoms. The molecule has 30 heavy (non-hydrogen) atoms. The van der Waals surface area contributed by atoms with Crippen molar-refractivity contribution >= 4 is 11.8 Å². The van der Waals surface area contributed by atoms with E-state index in [2.05, 4.69) is 32.4 Å². The Kier molecular flexibility index (Phi) is 8.63. The summed E-state index contributed by atoms with van der Waals surface area (Å²) in [5, 5.41) is 5.40. The molecular formula is C22H26N4O4. The maximum atomic E-state index is 12.3. The molecule has 0 spiro atoms. The summed E-state index contributed by atoms with van der Waals surface area (Å²) in [6, 6.07) is 3.18. The van der Waals surface area contributed by atoms with E-state index in [1.165, 1.54) is 24.8 Å². The first-order valence-electron chi connectivity index (χ1n) is 9.62. The molecule has 0 radical (unpaired) electrons. The van der Waals surface area contributed by atoms with Gasteiger partial charge in [0.1, 0.15) is 0 Å². The lowest BCUT2D eigenvalue weighted by Crippen LogP contribution is -2.26. The van der Waals surface area contributed by atoms with Gasteiger partial charge in [-0.2, -0.15) is 0 Å². The quantitative estimate of drug-likeness (QED) is 0.647. The molecule has 2 N–H and O–H groups in total. The van der Waals surface area contributed by atoms with Crippen LogP contribution < -0.4 is 20.1 Å². The van der Waals surface area contributed by atoms with Gasteiger partial charge >= 0.3 is 0 Å². The second kappa shape index (κ2) is 11.4. The van der Waals surface area contributed by atoms with Crippen LogP contribution in [0.2, 0.25) is 0 Å². The zero-order valence-electron chi connectivity index (χ0n) is 17.6. The molecule has 2 heterocycles. The third-order valence-corrected chi connectivity index (χ3v) is 3.58. The number of carbonyl (C=O) groups is 2. The van der Waals surface area contributed by atoms with Crippen LogP contribution in [-0.4, -0.2) is 47.1 Å². The number of nitrogens with zero attached hydrogens (tertiary/aromatic N) is 2. The number of hydrogen-bond donors (Lipinski definition) is 2. The van der Waals surface area contributed by atoms with Crippen molar-refractivity contribution in [3.05, 3.63) is 48.0 Å². The van der Waals surface area contributed by atoms with E-state index in [9.17, 15) is 9.59 Å². The van der Waals surface area contributed by atoms with Crippen molar-refractivity contribution in [3.8, 4) is 23.3 Å². The fourth-order valence-corrected chi connectivity index (χ4v) is 2.40. The number of nitrogens with one attached hydrogen (secondary N) is 2. The Balaban J connectivity index is 1.84. The van der Waals surface area contributed by atoms with Gasteiger partial charge in [0.2, 0.25) is 0 Å². The molecule has 0 fully saturated rings. The molecule has 2 aromatic rings. The summed E-state index contributed by atoms with van der Waals surface area (Å²) in [4.78, 5) is 32.6. The highest BCUT2D eigenvalue weighted by atomic mass is 16.5. The van der Waals surface area contributed by atoms with Gasteiger partial charge in [-0.15, -0.1) is 0 Å². The topological polar surface area (TPSA) is 102 Å². The van der Waals surface area contributed by atoms with Gasteiger partial charge in [0.25, 0.3) is 11.8 Å². The lowest BCUT2D eigenvalue weighted by atomic mass is 10.2. The SMILES string of the molecule is CC(C)Oc1cnccc1C(=O)NCC#CCNC(=O)c1ccncc1OC(C)C. The molecule has 0 bridgehead atoms. The van der Waals surface area contributed by atoms with Gasteiger partial charge in [-0.05, 0) is 39.8 Å². The molecule has 0 aliphatic rings. The van der Waals surface area contributed by atoms with Crippen molar-refractivity contribution in [2.75, 3.05) is 13.1 Å². The monoisotopic (exact) mass is 410 g/mol. The second-order valence-electron chi connectivity index (χ2n) is 6.80. The first kappa shape index (κ1) is 22.7. The molecule has 158 valence electrons. The summed E-state index contributed by atoms with van der Waals surface area (Å²) in [6.45, 7) is 7.76. The molecule has 0 saturated heterocycles. The molecule has 0 atom stereocenters. The smallest absolute Gasteiger partial charge is 0.255 e. The van der Waals surface area contributed by atoms with E-state index in [4.69, 9.17) is 9.47 Å². The normalized spacial score (nSPS) is 10.2. The van der Waals surface area contributed by atoms with Crippen LogP contribution in [0.4, 0.5) is 0 Å². The van der Waals surface area contributed by atoms with Crippen molar-refractivity contribution in [3.63, 3.8) is 0 Å². The third-order valence-electron chi connectivity index (χ3n) is 3.58. The van der Waals surface area contributed by atoms with Crippen molar-refractivity contribution in [1.82, 2.24) is 20.6 Å². The van der Waals surface area contributed by atoms with E-state index in [-0.39, 0.29) is 37.1 Å². The highest BCUT2D eigenvalue weighted by Crippen LogP contribution is 2.18. The van der Waals surface area contributed by atoms with Crippen LogP contribution >= 0.6 is 0 Å². The van der Waals surface area contributed by atoms with Crippen LogP contribution in [0.15, 0.2) is 36.9 Å². The van der Waals surface area contributed by atoms with E-state index in [0.29, 0.717) is 22.6 Å². The molecule has 2 aromatic heterocycles. The van der Waals surface area contributed by atoms with E-state index in [1.807, 2.05) is 27.7 Å². The number of hydrogen-bond acceptors (Lipinski definition) is 6. The van der Waals surface area contributed by atoms with E-state index < -0.39 is 0 Å². The first-order chi connectivity index (χ1) is 14.4. The lowest BCUT2D eigenvalue weighted by Gasteiger charge is -2.13. The Labute approximate surface area is 176 Å². The Morgan fingerprint density at radius 3 is 1.60 bits per heavy atom. The molecule has 0 aliphatic heterocycles. The summed E-state index contributed by atoms with van der Waals surface area (Å²) in [5.74, 6) is 5.83. The van der Waals surface area contributed by atoms with E-state index >= 15 is 0 Å². The van der Waals surface area contributed by atoms with Crippen molar-refractivity contribution < 1.29 is 19.1 Å². The largest absolute Gasteiger partial charge is 0.489 e. The van der Waals surface area contributed by atoms with Gasteiger partial charge < -0.3 is 20.1 Å². The summed E-state index contributed by atoms with van der Waals surface area (Å²) in [7, 11) is 0.